The highest BCUT2D eigenvalue weighted by atomic mass is 16.5. The minimum absolute atomic E-state index is 0.137. The Hall–Kier alpha value is -3.68. The summed E-state index contributed by atoms with van der Waals surface area (Å²) in [6, 6.07) is 9.31. The lowest BCUT2D eigenvalue weighted by Gasteiger charge is -2.12. The Bertz CT molecular complexity index is 1310. The van der Waals surface area contributed by atoms with E-state index in [1.54, 1.807) is 13.0 Å². The number of carbonyl (C=O) groups excluding carboxylic acids is 1. The average molecular weight is 406 g/mol. The smallest absolute Gasteiger partial charge is 0.339 e. The molecule has 154 valence electrons. The predicted octanol–water partition coefficient (Wildman–Crippen LogP) is 2.50. The number of benzene rings is 1. The number of hydrogen-bond acceptors (Lipinski definition) is 6. The van der Waals surface area contributed by atoms with Crippen molar-refractivity contribution in [3.8, 4) is 5.75 Å². The van der Waals surface area contributed by atoms with E-state index in [1.165, 1.54) is 0 Å². The molecule has 0 unspecified atom stereocenters. The number of fused-ring (bicyclic) bond motifs is 2. The van der Waals surface area contributed by atoms with Crippen LogP contribution in [0.4, 0.5) is 0 Å². The molecule has 4 aromatic rings. The van der Waals surface area contributed by atoms with Crippen LogP contribution in [0, 0.1) is 20.8 Å². The van der Waals surface area contributed by atoms with Gasteiger partial charge in [0, 0.05) is 35.7 Å². The molecule has 0 atom stereocenters. The van der Waals surface area contributed by atoms with Crippen molar-refractivity contribution in [3.05, 3.63) is 69.5 Å². The summed E-state index contributed by atoms with van der Waals surface area (Å²) in [5, 5.41) is 11.9. The van der Waals surface area contributed by atoms with E-state index in [-0.39, 0.29) is 18.1 Å². The SMILES string of the molecule is Cc1c(C)c2ccc(OCC(=O)NCCc3nnc4ccccn34)c(C)c2oc1=O. The molecule has 8 heteroatoms. The Kier molecular flexibility index (Phi) is 5.22. The van der Waals surface area contributed by atoms with Gasteiger partial charge < -0.3 is 14.5 Å². The Labute approximate surface area is 172 Å². The van der Waals surface area contributed by atoms with Gasteiger partial charge in [-0.3, -0.25) is 9.20 Å². The van der Waals surface area contributed by atoms with Gasteiger partial charge in [0.2, 0.25) is 0 Å². The van der Waals surface area contributed by atoms with Crippen LogP contribution < -0.4 is 15.7 Å². The fourth-order valence-electron chi connectivity index (χ4n) is 3.35. The molecule has 3 heterocycles. The molecule has 0 spiro atoms. The third-order valence-corrected chi connectivity index (χ3v) is 5.24. The molecule has 8 nitrogen and oxygen atoms in total. The molecule has 30 heavy (non-hydrogen) atoms. The van der Waals surface area contributed by atoms with Crippen molar-refractivity contribution in [2.75, 3.05) is 13.2 Å². The third-order valence-electron chi connectivity index (χ3n) is 5.24. The van der Waals surface area contributed by atoms with E-state index in [0.717, 1.165) is 22.4 Å². The van der Waals surface area contributed by atoms with Gasteiger partial charge in [-0.15, -0.1) is 10.2 Å². The van der Waals surface area contributed by atoms with E-state index in [2.05, 4.69) is 15.5 Å². The van der Waals surface area contributed by atoms with Gasteiger partial charge in [0.1, 0.15) is 17.2 Å². The summed E-state index contributed by atoms with van der Waals surface area (Å²) in [4.78, 5) is 24.2. The molecular weight excluding hydrogens is 384 g/mol. The maximum atomic E-state index is 12.2. The van der Waals surface area contributed by atoms with Gasteiger partial charge in [-0.25, -0.2) is 4.79 Å². The zero-order valence-corrected chi connectivity index (χ0v) is 17.1. The van der Waals surface area contributed by atoms with E-state index >= 15 is 0 Å². The minimum Gasteiger partial charge on any atom is -0.483 e. The molecule has 0 saturated carbocycles. The first-order valence-corrected chi connectivity index (χ1v) is 9.67. The Morgan fingerprint density at radius 3 is 2.77 bits per heavy atom. The number of pyridine rings is 1. The molecule has 0 saturated heterocycles. The number of ether oxygens (including phenoxy) is 1. The highest BCUT2D eigenvalue weighted by Crippen LogP contribution is 2.29. The van der Waals surface area contributed by atoms with Crippen LogP contribution in [0.25, 0.3) is 16.6 Å². The van der Waals surface area contributed by atoms with Crippen molar-refractivity contribution in [3.63, 3.8) is 0 Å². The molecule has 3 aromatic heterocycles. The molecule has 0 bridgehead atoms. The summed E-state index contributed by atoms with van der Waals surface area (Å²) in [5.41, 5.74) is 3.06. The van der Waals surface area contributed by atoms with Crippen molar-refractivity contribution >= 4 is 22.5 Å². The summed E-state index contributed by atoms with van der Waals surface area (Å²) in [6.07, 6.45) is 2.44. The van der Waals surface area contributed by atoms with Crippen LogP contribution in [0.15, 0.2) is 45.7 Å². The van der Waals surface area contributed by atoms with Gasteiger partial charge in [0.25, 0.3) is 5.91 Å². The summed E-state index contributed by atoms with van der Waals surface area (Å²) in [7, 11) is 0. The lowest BCUT2D eigenvalue weighted by atomic mass is 10.0. The number of carbonyl (C=O) groups is 1. The van der Waals surface area contributed by atoms with E-state index in [1.807, 2.05) is 48.7 Å². The van der Waals surface area contributed by atoms with Gasteiger partial charge >= 0.3 is 5.63 Å². The summed E-state index contributed by atoms with van der Waals surface area (Å²) >= 11 is 0. The molecule has 1 aromatic carbocycles. The van der Waals surface area contributed by atoms with Gasteiger partial charge in [-0.2, -0.15) is 0 Å². The first kappa shape index (κ1) is 19.6. The Morgan fingerprint density at radius 1 is 1.10 bits per heavy atom. The molecule has 4 rings (SSSR count). The predicted molar refractivity (Wildman–Crippen MR) is 112 cm³/mol. The highest BCUT2D eigenvalue weighted by Gasteiger charge is 2.14. The van der Waals surface area contributed by atoms with E-state index in [9.17, 15) is 9.59 Å². The van der Waals surface area contributed by atoms with Crippen LogP contribution in [0.2, 0.25) is 0 Å². The van der Waals surface area contributed by atoms with Crippen LogP contribution in [-0.2, 0) is 11.2 Å². The van der Waals surface area contributed by atoms with Crippen molar-refractivity contribution in [1.29, 1.82) is 0 Å². The second kappa shape index (κ2) is 7.98. The zero-order valence-electron chi connectivity index (χ0n) is 17.1. The Balaban J connectivity index is 1.38. The standard InChI is InChI=1S/C22H22N4O4/c1-13-14(2)22(28)30-21-15(3)17(8-7-16(13)21)29-12-20(27)23-10-9-19-25-24-18-6-4-5-11-26(18)19/h4-8,11H,9-10,12H2,1-3H3,(H,23,27). The van der Waals surface area contributed by atoms with Crippen molar-refractivity contribution in [1.82, 2.24) is 19.9 Å². The minimum atomic E-state index is -0.362. The van der Waals surface area contributed by atoms with Crippen LogP contribution >= 0.6 is 0 Å². The number of nitrogens with zero attached hydrogens (tertiary/aromatic N) is 3. The number of amides is 1. The van der Waals surface area contributed by atoms with E-state index in [4.69, 9.17) is 9.15 Å². The number of nitrogens with one attached hydrogen (secondary N) is 1. The number of aryl methyl sites for hydroxylation is 2. The first-order chi connectivity index (χ1) is 14.5. The monoisotopic (exact) mass is 406 g/mol. The molecule has 0 aliphatic rings. The van der Waals surface area contributed by atoms with E-state index in [0.29, 0.717) is 35.4 Å². The summed E-state index contributed by atoms with van der Waals surface area (Å²) in [5.74, 6) is 1.04. The van der Waals surface area contributed by atoms with Gasteiger partial charge in [-0.05, 0) is 50.6 Å². The van der Waals surface area contributed by atoms with Crippen LogP contribution in [0.3, 0.4) is 0 Å². The van der Waals surface area contributed by atoms with Crippen LogP contribution in [0.1, 0.15) is 22.5 Å². The molecule has 0 aliphatic heterocycles. The molecule has 0 aliphatic carbocycles. The van der Waals surface area contributed by atoms with Gasteiger partial charge in [0.05, 0.1) is 0 Å². The van der Waals surface area contributed by atoms with Crippen LogP contribution in [-0.4, -0.2) is 33.7 Å². The fraction of sp³-hybridized carbons (Fsp3) is 0.273. The molecule has 1 amide bonds. The number of hydrogen-bond donors (Lipinski definition) is 1. The topological polar surface area (TPSA) is 98.7 Å². The normalized spacial score (nSPS) is 11.2. The maximum absolute atomic E-state index is 12.2. The zero-order chi connectivity index (χ0) is 21.3. The third kappa shape index (κ3) is 3.63. The molecule has 1 N–H and O–H groups in total. The fourth-order valence-corrected chi connectivity index (χ4v) is 3.35. The average Bonchev–Trinajstić information content (AvgIpc) is 3.15. The van der Waals surface area contributed by atoms with Crippen LogP contribution in [0.5, 0.6) is 5.75 Å². The maximum Gasteiger partial charge on any atom is 0.339 e. The number of aromatic nitrogens is 3. The van der Waals surface area contributed by atoms with Crippen molar-refractivity contribution in [2.45, 2.75) is 27.2 Å². The largest absolute Gasteiger partial charge is 0.483 e. The summed E-state index contributed by atoms with van der Waals surface area (Å²) < 4.78 is 13.0. The Morgan fingerprint density at radius 2 is 1.93 bits per heavy atom. The lowest BCUT2D eigenvalue weighted by Crippen LogP contribution is -2.31. The van der Waals surface area contributed by atoms with Crippen molar-refractivity contribution in [2.24, 2.45) is 0 Å². The summed E-state index contributed by atoms with van der Waals surface area (Å²) in [6.45, 7) is 5.72. The molecule has 0 fully saturated rings. The lowest BCUT2D eigenvalue weighted by molar-refractivity contribution is -0.123. The second-order valence-electron chi connectivity index (χ2n) is 7.14. The molecular formula is C22H22N4O4. The number of rotatable bonds is 6. The van der Waals surface area contributed by atoms with Gasteiger partial charge in [-0.1, -0.05) is 6.07 Å². The van der Waals surface area contributed by atoms with Crippen molar-refractivity contribution < 1.29 is 13.9 Å². The quantitative estimate of drug-likeness (QED) is 0.494. The first-order valence-electron chi connectivity index (χ1n) is 9.67. The van der Waals surface area contributed by atoms with Gasteiger partial charge in [0.15, 0.2) is 12.3 Å². The molecule has 0 radical (unpaired) electrons. The second-order valence-corrected chi connectivity index (χ2v) is 7.14. The highest BCUT2D eigenvalue weighted by molar-refractivity contribution is 5.85. The van der Waals surface area contributed by atoms with E-state index < -0.39 is 0 Å².